The molecule has 1 aromatic carbocycles. The Hall–Kier alpha value is -2.04. The highest BCUT2D eigenvalue weighted by molar-refractivity contribution is 5.80. The van der Waals surface area contributed by atoms with E-state index in [-0.39, 0.29) is 17.7 Å². The zero-order valence-electron chi connectivity index (χ0n) is 13.3. The summed E-state index contributed by atoms with van der Waals surface area (Å²) in [5.41, 5.74) is 1.13. The first-order chi connectivity index (χ1) is 10.6. The van der Waals surface area contributed by atoms with Gasteiger partial charge < -0.3 is 15.0 Å². The zero-order chi connectivity index (χ0) is 15.9. The number of piperidine rings is 1. The Labute approximate surface area is 131 Å². The molecule has 1 aliphatic heterocycles. The summed E-state index contributed by atoms with van der Waals surface area (Å²) in [6.07, 6.45) is 2.76. The van der Waals surface area contributed by atoms with Crippen LogP contribution in [0.5, 0.6) is 5.75 Å². The molecule has 0 aliphatic carbocycles. The normalized spacial score (nSPS) is 15.5. The summed E-state index contributed by atoms with van der Waals surface area (Å²) < 4.78 is 5.12. The summed E-state index contributed by atoms with van der Waals surface area (Å²) in [7, 11) is 3.30. The lowest BCUT2D eigenvalue weighted by Crippen LogP contribution is -2.42. The summed E-state index contributed by atoms with van der Waals surface area (Å²) in [6, 6.07) is 7.80. The number of nitrogens with zero attached hydrogens (tertiary/aromatic N) is 1. The number of benzene rings is 1. The standard InChI is InChI=1S/C17H24N2O3/c1-18-17(21)14-9-11-19(12-10-14)16(20)8-5-13-3-6-15(22-2)7-4-13/h3-4,6-7,14H,5,8-12H2,1-2H3,(H,18,21). The molecule has 0 saturated carbocycles. The van der Waals surface area contributed by atoms with Crippen LogP contribution in [0.15, 0.2) is 24.3 Å². The molecule has 1 heterocycles. The summed E-state index contributed by atoms with van der Waals surface area (Å²) in [5, 5.41) is 2.68. The Morgan fingerprint density at radius 1 is 1.23 bits per heavy atom. The van der Waals surface area contributed by atoms with E-state index in [1.165, 1.54) is 0 Å². The molecule has 1 aromatic rings. The van der Waals surface area contributed by atoms with Crippen molar-refractivity contribution in [3.63, 3.8) is 0 Å². The fourth-order valence-corrected chi connectivity index (χ4v) is 2.80. The third-order valence-electron chi connectivity index (χ3n) is 4.25. The summed E-state index contributed by atoms with van der Waals surface area (Å²) in [4.78, 5) is 25.7. The first-order valence-corrected chi connectivity index (χ1v) is 7.76. The molecule has 22 heavy (non-hydrogen) atoms. The number of likely N-dealkylation sites (tertiary alicyclic amines) is 1. The molecular formula is C17H24N2O3. The van der Waals surface area contributed by atoms with Crippen molar-refractivity contribution in [1.29, 1.82) is 0 Å². The molecule has 0 atom stereocenters. The maximum Gasteiger partial charge on any atom is 0.222 e. The van der Waals surface area contributed by atoms with Gasteiger partial charge in [0.2, 0.25) is 11.8 Å². The van der Waals surface area contributed by atoms with Crippen molar-refractivity contribution in [2.45, 2.75) is 25.7 Å². The van der Waals surface area contributed by atoms with E-state index in [1.807, 2.05) is 29.2 Å². The molecule has 2 amide bonds. The third kappa shape index (κ3) is 4.23. The lowest BCUT2D eigenvalue weighted by Gasteiger charge is -2.31. The van der Waals surface area contributed by atoms with E-state index in [2.05, 4.69) is 5.32 Å². The van der Waals surface area contributed by atoms with Crippen LogP contribution in [0.3, 0.4) is 0 Å². The highest BCUT2D eigenvalue weighted by Crippen LogP contribution is 2.19. The molecule has 1 aliphatic rings. The van der Waals surface area contributed by atoms with E-state index in [9.17, 15) is 9.59 Å². The van der Waals surface area contributed by atoms with Gasteiger partial charge in [0.1, 0.15) is 5.75 Å². The van der Waals surface area contributed by atoms with E-state index in [0.717, 1.165) is 30.6 Å². The number of hydrogen-bond acceptors (Lipinski definition) is 3. The Morgan fingerprint density at radius 3 is 2.41 bits per heavy atom. The van der Waals surface area contributed by atoms with Gasteiger partial charge in [-0.25, -0.2) is 0 Å². The van der Waals surface area contributed by atoms with Crippen LogP contribution in [0.1, 0.15) is 24.8 Å². The fraction of sp³-hybridized carbons (Fsp3) is 0.529. The zero-order valence-corrected chi connectivity index (χ0v) is 13.3. The fourth-order valence-electron chi connectivity index (χ4n) is 2.80. The first kappa shape index (κ1) is 16.3. The number of ether oxygens (including phenoxy) is 1. The number of amides is 2. The molecule has 0 radical (unpaired) electrons. The second kappa shape index (κ2) is 7.82. The molecule has 5 nitrogen and oxygen atoms in total. The van der Waals surface area contributed by atoms with Gasteiger partial charge in [-0.3, -0.25) is 9.59 Å². The lowest BCUT2D eigenvalue weighted by molar-refractivity contribution is -0.135. The van der Waals surface area contributed by atoms with Crippen molar-refractivity contribution >= 4 is 11.8 Å². The lowest BCUT2D eigenvalue weighted by atomic mass is 9.95. The summed E-state index contributed by atoms with van der Waals surface area (Å²) in [6.45, 7) is 1.36. The average molecular weight is 304 g/mol. The Balaban J connectivity index is 1.77. The van der Waals surface area contributed by atoms with E-state index in [4.69, 9.17) is 4.74 Å². The molecule has 1 saturated heterocycles. The van der Waals surface area contributed by atoms with Crippen LogP contribution in [-0.4, -0.2) is 44.0 Å². The Bertz CT molecular complexity index is 505. The van der Waals surface area contributed by atoms with Crippen molar-refractivity contribution in [2.24, 2.45) is 5.92 Å². The molecule has 5 heteroatoms. The molecule has 0 spiro atoms. The highest BCUT2D eigenvalue weighted by atomic mass is 16.5. The molecule has 0 unspecified atom stereocenters. The van der Waals surface area contributed by atoms with Crippen LogP contribution in [0.2, 0.25) is 0 Å². The second-order valence-corrected chi connectivity index (χ2v) is 5.62. The number of methoxy groups -OCH3 is 1. The molecular weight excluding hydrogens is 280 g/mol. The van der Waals surface area contributed by atoms with Crippen molar-refractivity contribution in [2.75, 3.05) is 27.2 Å². The van der Waals surface area contributed by atoms with Gasteiger partial charge in [-0.1, -0.05) is 12.1 Å². The van der Waals surface area contributed by atoms with Crippen LogP contribution in [0.25, 0.3) is 0 Å². The third-order valence-corrected chi connectivity index (χ3v) is 4.25. The van der Waals surface area contributed by atoms with Gasteiger partial charge in [-0.15, -0.1) is 0 Å². The van der Waals surface area contributed by atoms with E-state index < -0.39 is 0 Å². The number of hydrogen-bond donors (Lipinski definition) is 1. The maximum absolute atomic E-state index is 12.2. The van der Waals surface area contributed by atoms with Gasteiger partial charge in [0, 0.05) is 32.5 Å². The second-order valence-electron chi connectivity index (χ2n) is 5.62. The summed E-state index contributed by atoms with van der Waals surface area (Å²) >= 11 is 0. The minimum atomic E-state index is 0.0515. The number of carbonyl (C=O) groups is 2. The Kier molecular flexibility index (Phi) is 5.81. The topological polar surface area (TPSA) is 58.6 Å². The predicted octanol–water partition coefficient (Wildman–Crippen LogP) is 1.61. The van der Waals surface area contributed by atoms with Crippen molar-refractivity contribution in [1.82, 2.24) is 10.2 Å². The van der Waals surface area contributed by atoms with Gasteiger partial charge in [-0.2, -0.15) is 0 Å². The first-order valence-electron chi connectivity index (χ1n) is 7.76. The van der Waals surface area contributed by atoms with Crippen molar-refractivity contribution in [3.05, 3.63) is 29.8 Å². The van der Waals surface area contributed by atoms with Gasteiger partial charge in [-0.05, 0) is 37.0 Å². The van der Waals surface area contributed by atoms with Gasteiger partial charge in [0.15, 0.2) is 0 Å². The van der Waals surface area contributed by atoms with Crippen LogP contribution in [-0.2, 0) is 16.0 Å². The van der Waals surface area contributed by atoms with Crippen LogP contribution in [0, 0.1) is 5.92 Å². The van der Waals surface area contributed by atoms with E-state index in [0.29, 0.717) is 19.5 Å². The number of rotatable bonds is 5. The van der Waals surface area contributed by atoms with Crippen LogP contribution in [0.4, 0.5) is 0 Å². The predicted molar refractivity (Wildman–Crippen MR) is 84.7 cm³/mol. The molecule has 0 aromatic heterocycles. The van der Waals surface area contributed by atoms with Gasteiger partial charge in [0.25, 0.3) is 0 Å². The quantitative estimate of drug-likeness (QED) is 0.899. The summed E-state index contributed by atoms with van der Waals surface area (Å²) in [5.74, 6) is 1.14. The van der Waals surface area contributed by atoms with Crippen molar-refractivity contribution < 1.29 is 14.3 Å². The van der Waals surface area contributed by atoms with Gasteiger partial charge >= 0.3 is 0 Å². The molecule has 2 rings (SSSR count). The van der Waals surface area contributed by atoms with Gasteiger partial charge in [0.05, 0.1) is 7.11 Å². The maximum atomic E-state index is 12.2. The molecule has 1 fully saturated rings. The number of aryl methyl sites for hydroxylation is 1. The van der Waals surface area contributed by atoms with Crippen LogP contribution < -0.4 is 10.1 Å². The SMILES string of the molecule is CNC(=O)C1CCN(C(=O)CCc2ccc(OC)cc2)CC1. The molecule has 1 N–H and O–H groups in total. The largest absolute Gasteiger partial charge is 0.497 e. The van der Waals surface area contributed by atoms with E-state index in [1.54, 1.807) is 14.2 Å². The monoisotopic (exact) mass is 304 g/mol. The average Bonchev–Trinajstić information content (AvgIpc) is 2.59. The molecule has 120 valence electrons. The van der Waals surface area contributed by atoms with Crippen LogP contribution >= 0.6 is 0 Å². The van der Waals surface area contributed by atoms with Crippen molar-refractivity contribution in [3.8, 4) is 5.75 Å². The number of carbonyl (C=O) groups excluding carboxylic acids is 2. The molecule has 0 bridgehead atoms. The Morgan fingerprint density at radius 2 is 1.86 bits per heavy atom. The minimum Gasteiger partial charge on any atom is -0.497 e. The number of nitrogens with one attached hydrogen (secondary N) is 1. The minimum absolute atomic E-state index is 0.0515. The van der Waals surface area contributed by atoms with E-state index >= 15 is 0 Å². The highest BCUT2D eigenvalue weighted by Gasteiger charge is 2.26. The smallest absolute Gasteiger partial charge is 0.222 e.